The third kappa shape index (κ3) is 6.30. The van der Waals surface area contributed by atoms with E-state index in [0.29, 0.717) is 26.3 Å². The maximum absolute atomic E-state index is 12.2. The highest BCUT2D eigenvalue weighted by atomic mass is 16.5. The van der Waals surface area contributed by atoms with Crippen molar-refractivity contribution in [3.8, 4) is 0 Å². The van der Waals surface area contributed by atoms with E-state index in [4.69, 9.17) is 13.9 Å². The van der Waals surface area contributed by atoms with Crippen molar-refractivity contribution in [3.05, 3.63) is 24.2 Å². The van der Waals surface area contributed by atoms with E-state index in [1.54, 1.807) is 6.26 Å². The third-order valence-corrected chi connectivity index (χ3v) is 5.38. The van der Waals surface area contributed by atoms with Crippen LogP contribution in [0.1, 0.15) is 18.2 Å². The first-order valence-corrected chi connectivity index (χ1v) is 10.2. The summed E-state index contributed by atoms with van der Waals surface area (Å²) in [4.78, 5) is 27.0. The lowest BCUT2D eigenvalue weighted by atomic mass is 10.1. The topological polar surface area (TPSA) is 98.7 Å². The number of furan rings is 1. The first-order valence-electron chi connectivity index (χ1n) is 10.2. The van der Waals surface area contributed by atoms with E-state index in [1.807, 2.05) is 12.1 Å². The fourth-order valence-corrected chi connectivity index (χ4v) is 3.72. The maximum Gasteiger partial charge on any atom is 0.309 e. The zero-order chi connectivity index (χ0) is 19.6. The number of hydrogen-bond donors (Lipinski definition) is 4. The summed E-state index contributed by atoms with van der Waals surface area (Å²) < 4.78 is 16.3. The van der Waals surface area contributed by atoms with Gasteiger partial charge in [-0.3, -0.25) is 9.59 Å². The average Bonchev–Trinajstić information content (AvgIpc) is 3.27. The molecule has 0 unspecified atom stereocenters. The van der Waals surface area contributed by atoms with Crippen molar-refractivity contribution in [2.24, 2.45) is 0 Å². The Hall–Kier alpha value is -1.94. The van der Waals surface area contributed by atoms with E-state index < -0.39 is 11.8 Å². The molecule has 2 saturated heterocycles. The molecule has 0 radical (unpaired) electrons. The molecule has 3 rings (SSSR count). The SMILES string of the molecule is O=C(NCCC[NH+]1CCOCC1)C(=O)NC[C@H](c1ccco1)[NH+]1CCOCC1. The quantitative estimate of drug-likeness (QED) is 0.274. The van der Waals surface area contributed by atoms with Crippen LogP contribution in [-0.4, -0.2) is 84.1 Å². The van der Waals surface area contributed by atoms with Crippen LogP contribution in [0.25, 0.3) is 0 Å². The molecule has 0 saturated carbocycles. The monoisotopic (exact) mass is 396 g/mol. The fraction of sp³-hybridized carbons (Fsp3) is 0.684. The van der Waals surface area contributed by atoms with Crippen LogP contribution in [0.4, 0.5) is 0 Å². The number of carbonyl (C=O) groups is 2. The minimum Gasteiger partial charge on any atom is -0.463 e. The van der Waals surface area contributed by atoms with Gasteiger partial charge in [0.2, 0.25) is 0 Å². The number of amides is 2. The highest BCUT2D eigenvalue weighted by Gasteiger charge is 2.29. The summed E-state index contributed by atoms with van der Waals surface area (Å²) in [5.41, 5.74) is 0. The molecule has 28 heavy (non-hydrogen) atoms. The molecule has 9 nitrogen and oxygen atoms in total. The van der Waals surface area contributed by atoms with Crippen molar-refractivity contribution in [2.75, 3.05) is 72.2 Å². The largest absolute Gasteiger partial charge is 0.463 e. The molecule has 2 aliphatic rings. The second-order valence-corrected chi connectivity index (χ2v) is 7.27. The number of morpholine rings is 2. The van der Waals surface area contributed by atoms with Gasteiger partial charge in [-0.2, -0.15) is 0 Å². The van der Waals surface area contributed by atoms with Crippen molar-refractivity contribution in [3.63, 3.8) is 0 Å². The van der Waals surface area contributed by atoms with Gasteiger partial charge < -0.3 is 34.3 Å². The van der Waals surface area contributed by atoms with E-state index in [1.165, 1.54) is 9.80 Å². The Morgan fingerprint density at radius 1 is 1.00 bits per heavy atom. The third-order valence-electron chi connectivity index (χ3n) is 5.38. The Morgan fingerprint density at radius 2 is 1.68 bits per heavy atom. The predicted octanol–water partition coefficient (Wildman–Crippen LogP) is -3.23. The van der Waals surface area contributed by atoms with Crippen molar-refractivity contribution < 1.29 is 33.3 Å². The molecular formula is C19H32N4O5+2. The molecule has 2 amide bonds. The van der Waals surface area contributed by atoms with Crippen LogP contribution in [0.15, 0.2) is 22.8 Å². The van der Waals surface area contributed by atoms with Crippen LogP contribution in [-0.2, 0) is 19.1 Å². The van der Waals surface area contributed by atoms with Gasteiger partial charge in [0.15, 0.2) is 11.8 Å². The summed E-state index contributed by atoms with van der Waals surface area (Å²) in [5.74, 6) is -0.360. The Kier molecular flexibility index (Phi) is 8.28. The van der Waals surface area contributed by atoms with Crippen molar-refractivity contribution >= 4 is 11.8 Å². The summed E-state index contributed by atoms with van der Waals surface area (Å²) in [5, 5.41) is 5.48. The molecule has 1 aromatic rings. The standard InChI is InChI=1S/C19H30N4O5/c24-18(20-4-2-5-22-6-11-26-12-7-22)19(25)21-15-16(17-3-1-10-28-17)23-8-13-27-14-9-23/h1,3,10,16H,2,4-9,11-15H2,(H,20,24)(H,21,25)/p+2/t16-/m1/s1. The summed E-state index contributed by atoms with van der Waals surface area (Å²) in [6, 6.07) is 3.72. The zero-order valence-electron chi connectivity index (χ0n) is 16.3. The van der Waals surface area contributed by atoms with Crippen LogP contribution < -0.4 is 20.4 Å². The van der Waals surface area contributed by atoms with Gasteiger partial charge in [-0.25, -0.2) is 0 Å². The van der Waals surface area contributed by atoms with Crippen molar-refractivity contribution in [1.82, 2.24) is 10.6 Å². The molecule has 3 heterocycles. The average molecular weight is 396 g/mol. The minimum absolute atomic E-state index is 0.0272. The Balaban J connectivity index is 1.38. The molecule has 2 fully saturated rings. The number of ether oxygens (including phenoxy) is 2. The van der Waals surface area contributed by atoms with Gasteiger partial charge in [-0.1, -0.05) is 0 Å². The molecular weight excluding hydrogens is 364 g/mol. The lowest BCUT2D eigenvalue weighted by molar-refractivity contribution is -0.938. The van der Waals surface area contributed by atoms with Crippen LogP contribution in [0, 0.1) is 0 Å². The van der Waals surface area contributed by atoms with E-state index in [9.17, 15) is 9.59 Å². The van der Waals surface area contributed by atoms with E-state index in [-0.39, 0.29) is 6.04 Å². The zero-order valence-corrected chi connectivity index (χ0v) is 16.3. The first-order chi connectivity index (χ1) is 13.7. The number of rotatable bonds is 8. The molecule has 4 N–H and O–H groups in total. The predicted molar refractivity (Wildman–Crippen MR) is 100.0 cm³/mol. The molecule has 9 heteroatoms. The van der Waals surface area contributed by atoms with Gasteiger partial charge in [-0.05, 0) is 12.1 Å². The van der Waals surface area contributed by atoms with Gasteiger partial charge in [-0.15, -0.1) is 0 Å². The number of quaternary nitrogens is 2. The lowest BCUT2D eigenvalue weighted by Gasteiger charge is -2.30. The Bertz CT molecular complexity index is 597. The number of carbonyl (C=O) groups excluding carboxylic acids is 2. The molecule has 0 aliphatic carbocycles. The van der Waals surface area contributed by atoms with Gasteiger partial charge >= 0.3 is 11.8 Å². The summed E-state index contributed by atoms with van der Waals surface area (Å²) in [6.07, 6.45) is 2.48. The van der Waals surface area contributed by atoms with E-state index in [2.05, 4.69) is 10.6 Å². The molecule has 0 aromatic carbocycles. The van der Waals surface area contributed by atoms with Crippen LogP contribution in [0.5, 0.6) is 0 Å². The minimum atomic E-state index is -0.595. The van der Waals surface area contributed by atoms with Crippen LogP contribution in [0.2, 0.25) is 0 Å². The highest BCUT2D eigenvalue weighted by Crippen LogP contribution is 2.09. The molecule has 1 atom stereocenters. The van der Waals surface area contributed by atoms with Crippen molar-refractivity contribution in [1.29, 1.82) is 0 Å². The second kappa shape index (κ2) is 11.2. The van der Waals surface area contributed by atoms with Gasteiger partial charge in [0.25, 0.3) is 0 Å². The summed E-state index contributed by atoms with van der Waals surface area (Å²) in [7, 11) is 0. The Labute approximate surface area is 165 Å². The smallest absolute Gasteiger partial charge is 0.309 e. The number of hydrogen-bond acceptors (Lipinski definition) is 5. The van der Waals surface area contributed by atoms with Gasteiger partial charge in [0.05, 0.1) is 45.8 Å². The summed E-state index contributed by atoms with van der Waals surface area (Å²) >= 11 is 0. The molecule has 2 aliphatic heterocycles. The van der Waals surface area contributed by atoms with Crippen LogP contribution in [0.3, 0.4) is 0 Å². The number of nitrogens with one attached hydrogen (secondary N) is 4. The molecule has 0 spiro atoms. The van der Waals surface area contributed by atoms with Crippen molar-refractivity contribution in [2.45, 2.75) is 12.5 Å². The fourth-order valence-electron chi connectivity index (χ4n) is 3.72. The van der Waals surface area contributed by atoms with E-state index in [0.717, 1.165) is 58.1 Å². The first kappa shape index (κ1) is 20.8. The Morgan fingerprint density at radius 3 is 2.36 bits per heavy atom. The molecule has 1 aromatic heterocycles. The normalized spacial score (nSPS) is 19.9. The summed E-state index contributed by atoms with van der Waals surface area (Å²) in [6.45, 7) is 8.51. The van der Waals surface area contributed by atoms with Crippen LogP contribution >= 0.6 is 0 Å². The maximum atomic E-state index is 12.2. The van der Waals surface area contributed by atoms with Gasteiger partial charge in [0.1, 0.15) is 26.2 Å². The van der Waals surface area contributed by atoms with E-state index >= 15 is 0 Å². The second-order valence-electron chi connectivity index (χ2n) is 7.27. The van der Waals surface area contributed by atoms with Gasteiger partial charge in [0, 0.05) is 13.0 Å². The molecule has 0 bridgehead atoms. The lowest BCUT2D eigenvalue weighted by Crippen LogP contribution is -3.15. The molecule has 156 valence electrons. The highest BCUT2D eigenvalue weighted by molar-refractivity contribution is 6.35.